The summed E-state index contributed by atoms with van der Waals surface area (Å²) in [7, 11) is 1.10. The fraction of sp³-hybridized carbons (Fsp3) is 0.414. The van der Waals surface area contributed by atoms with Gasteiger partial charge in [0.15, 0.2) is 0 Å². The molecule has 2 heteroatoms. The van der Waals surface area contributed by atoms with Gasteiger partial charge in [0, 0.05) is 0 Å². The molecule has 0 bridgehead atoms. The molecule has 0 spiro atoms. The van der Waals surface area contributed by atoms with Gasteiger partial charge in [-0.25, -0.2) is 0 Å². The van der Waals surface area contributed by atoms with E-state index < -0.39 is 14.3 Å². The van der Waals surface area contributed by atoms with Crippen molar-refractivity contribution in [1.29, 1.82) is 0 Å². The van der Waals surface area contributed by atoms with Crippen molar-refractivity contribution in [2.24, 2.45) is 0 Å². The van der Waals surface area contributed by atoms with E-state index >= 15 is 0 Å². The van der Waals surface area contributed by atoms with Crippen LogP contribution in [0.25, 0.3) is 0 Å². The molecule has 4 rings (SSSR count). The maximum atomic E-state index is 2.48. The number of rotatable bonds is 9. The first-order chi connectivity index (χ1) is 15.3. The summed E-state index contributed by atoms with van der Waals surface area (Å²) in [6.45, 7) is 4.96. The monoisotopic (exact) mass is 491 g/mol. The minimum atomic E-state index is -1.43. The van der Waals surface area contributed by atoms with Crippen molar-refractivity contribution in [3.8, 4) is 0 Å². The minimum absolute atomic E-state index is 0.360. The average Bonchev–Trinajstić information content (AvgIpc) is 3.30. The Bertz CT molecular complexity index is 821. The number of allylic oxidation sites excluding steroid dienone is 4. The van der Waals surface area contributed by atoms with E-state index in [0.29, 0.717) is 5.92 Å². The van der Waals surface area contributed by atoms with Gasteiger partial charge in [0.2, 0.25) is 0 Å². The SMILES string of the molecule is C[CH2][GeH]([CH2]C)[C](PC1CCCCC1)C1=C(C(c2ccccc2)c2ccccc2)C=CC1. The van der Waals surface area contributed by atoms with Gasteiger partial charge in [-0.05, 0) is 0 Å². The quantitative estimate of drug-likeness (QED) is 0.245. The van der Waals surface area contributed by atoms with Gasteiger partial charge in [0.25, 0.3) is 0 Å². The van der Waals surface area contributed by atoms with E-state index in [4.69, 9.17) is 0 Å². The summed E-state index contributed by atoms with van der Waals surface area (Å²) in [5.74, 6) is 0.360. The Hall–Kier alpha value is -1.11. The molecular formula is C29H38GeP. The maximum absolute atomic E-state index is 2.48. The third kappa shape index (κ3) is 5.64. The molecule has 1 atom stereocenters. The van der Waals surface area contributed by atoms with Gasteiger partial charge in [0.05, 0.1) is 0 Å². The molecule has 2 aromatic carbocycles. The van der Waals surface area contributed by atoms with Crippen LogP contribution in [0.3, 0.4) is 0 Å². The second-order valence-electron chi connectivity index (χ2n) is 9.20. The third-order valence-electron chi connectivity index (χ3n) is 7.23. The number of hydrogen-bond donors (Lipinski definition) is 0. The first-order valence-electron chi connectivity index (χ1n) is 12.4. The van der Waals surface area contributed by atoms with Gasteiger partial charge in [-0.15, -0.1) is 0 Å². The predicted octanol–water partition coefficient (Wildman–Crippen LogP) is 8.42. The van der Waals surface area contributed by atoms with E-state index in [1.807, 2.05) is 4.49 Å². The molecule has 2 aromatic rings. The molecule has 0 heterocycles. The van der Waals surface area contributed by atoms with Crippen LogP contribution in [0.15, 0.2) is 84.0 Å². The van der Waals surface area contributed by atoms with E-state index in [0.717, 1.165) is 14.2 Å². The summed E-state index contributed by atoms with van der Waals surface area (Å²) < 4.78 is 2.00. The van der Waals surface area contributed by atoms with E-state index in [1.54, 1.807) is 11.1 Å². The third-order valence-corrected chi connectivity index (χ3v) is 18.6. The van der Waals surface area contributed by atoms with Crippen molar-refractivity contribution < 1.29 is 0 Å². The Morgan fingerprint density at radius 2 is 1.45 bits per heavy atom. The summed E-state index contributed by atoms with van der Waals surface area (Å²) in [5.41, 5.74) is 7.20. The Kier molecular flexibility index (Phi) is 8.68. The van der Waals surface area contributed by atoms with Crippen molar-refractivity contribution in [3.63, 3.8) is 0 Å². The first-order valence-corrected chi connectivity index (χ1v) is 18.2. The second-order valence-corrected chi connectivity index (χ2v) is 19.6. The molecule has 1 fully saturated rings. The van der Waals surface area contributed by atoms with Crippen molar-refractivity contribution in [2.75, 3.05) is 0 Å². The molecule has 1 saturated carbocycles. The normalized spacial score (nSPS) is 17.8. The van der Waals surface area contributed by atoms with Crippen LogP contribution in [-0.4, -0.2) is 20.0 Å². The van der Waals surface area contributed by atoms with E-state index in [2.05, 4.69) is 86.7 Å². The number of hydrogen-bond acceptors (Lipinski definition) is 0. The van der Waals surface area contributed by atoms with Crippen LogP contribution in [-0.2, 0) is 0 Å². The molecule has 0 N–H and O–H groups in total. The molecule has 0 nitrogen and oxygen atoms in total. The molecule has 1 unspecified atom stereocenters. The fourth-order valence-electron chi connectivity index (χ4n) is 5.52. The standard InChI is InChI=1S/C29H38GeP/c1-3-30(4-2)29(31-25-19-12-7-13-20-25)27-22-14-21-26(27)28(23-15-8-5-9-16-23)24-17-10-6-11-18-24/h5-6,8-11,14-18,21,25,28,30-31H,3-4,7,12-13,19-20,22H2,1-2H3. The van der Waals surface area contributed by atoms with Gasteiger partial charge < -0.3 is 0 Å². The number of benzene rings is 2. The molecule has 163 valence electrons. The van der Waals surface area contributed by atoms with Crippen molar-refractivity contribution in [2.45, 2.75) is 74.5 Å². The van der Waals surface area contributed by atoms with Crippen molar-refractivity contribution in [1.82, 2.24) is 0 Å². The van der Waals surface area contributed by atoms with Crippen LogP contribution < -0.4 is 0 Å². The van der Waals surface area contributed by atoms with Crippen LogP contribution >= 0.6 is 8.58 Å². The molecule has 0 aliphatic heterocycles. The van der Waals surface area contributed by atoms with Crippen molar-refractivity contribution in [3.05, 3.63) is 99.6 Å². The van der Waals surface area contributed by atoms with Gasteiger partial charge in [0.1, 0.15) is 0 Å². The van der Waals surface area contributed by atoms with E-state index in [1.165, 1.54) is 60.2 Å². The fourth-order valence-corrected chi connectivity index (χ4v) is 17.0. The molecule has 0 saturated heterocycles. The Labute approximate surface area is 196 Å². The molecule has 2 aliphatic rings. The molecule has 1 radical (unpaired) electrons. The van der Waals surface area contributed by atoms with E-state index in [9.17, 15) is 0 Å². The molecule has 31 heavy (non-hydrogen) atoms. The summed E-state index contributed by atoms with van der Waals surface area (Å²) in [4.78, 5) is 0. The van der Waals surface area contributed by atoms with E-state index in [-0.39, 0.29) is 0 Å². The molecular weight excluding hydrogens is 452 g/mol. The van der Waals surface area contributed by atoms with Crippen LogP contribution in [0.1, 0.15) is 69.4 Å². The van der Waals surface area contributed by atoms with Gasteiger partial charge >= 0.3 is 197 Å². The summed E-state index contributed by atoms with van der Waals surface area (Å²) in [6, 6.07) is 22.4. The predicted molar refractivity (Wildman–Crippen MR) is 142 cm³/mol. The second kappa shape index (κ2) is 11.7. The van der Waals surface area contributed by atoms with Crippen LogP contribution in [0.4, 0.5) is 0 Å². The van der Waals surface area contributed by atoms with Crippen LogP contribution in [0, 0.1) is 4.49 Å². The molecule has 0 aromatic heterocycles. The first kappa shape index (κ1) is 23.1. The Morgan fingerprint density at radius 1 is 0.871 bits per heavy atom. The average molecular weight is 490 g/mol. The topological polar surface area (TPSA) is 0 Å². The molecule has 0 amide bonds. The summed E-state index contributed by atoms with van der Waals surface area (Å²) >= 11 is -1.43. The van der Waals surface area contributed by atoms with Crippen LogP contribution in [0.2, 0.25) is 10.5 Å². The Balaban J connectivity index is 1.76. The van der Waals surface area contributed by atoms with Gasteiger partial charge in [-0.2, -0.15) is 0 Å². The Morgan fingerprint density at radius 3 is 2.00 bits per heavy atom. The molecule has 2 aliphatic carbocycles. The van der Waals surface area contributed by atoms with Crippen LogP contribution in [0.5, 0.6) is 0 Å². The summed E-state index contributed by atoms with van der Waals surface area (Å²) in [6.07, 6.45) is 13.4. The van der Waals surface area contributed by atoms with Gasteiger partial charge in [-0.1, -0.05) is 0 Å². The zero-order valence-corrected chi connectivity index (χ0v) is 22.7. The van der Waals surface area contributed by atoms with Gasteiger partial charge in [-0.3, -0.25) is 0 Å². The zero-order valence-electron chi connectivity index (χ0n) is 19.3. The zero-order chi connectivity index (χ0) is 21.5. The van der Waals surface area contributed by atoms with Crippen molar-refractivity contribution >= 4 is 22.9 Å². The summed E-state index contributed by atoms with van der Waals surface area (Å²) in [5, 5.41) is 2.91.